The Balaban J connectivity index is 2.06. The van der Waals surface area contributed by atoms with Gasteiger partial charge in [-0.25, -0.2) is 0 Å². The molecule has 0 saturated carbocycles. The summed E-state index contributed by atoms with van der Waals surface area (Å²) in [5, 5.41) is 6.34. The lowest BCUT2D eigenvalue weighted by Gasteiger charge is -2.17. The number of aryl methyl sites for hydroxylation is 1. The third kappa shape index (κ3) is 3.73. The average molecular weight is 297 g/mol. The van der Waals surface area contributed by atoms with Crippen LogP contribution in [0.1, 0.15) is 24.8 Å². The Bertz CT molecular complexity index is 400. The monoisotopic (exact) mass is 296 g/mol. The van der Waals surface area contributed by atoms with Gasteiger partial charge in [-0.05, 0) is 43.5 Å². The molecule has 1 aliphatic rings. The molecule has 2 rings (SSSR count). The lowest BCUT2D eigenvalue weighted by molar-refractivity contribution is -0.120. The molecule has 1 unspecified atom stereocenters. The van der Waals surface area contributed by atoms with Gasteiger partial charge in [0.05, 0.1) is 0 Å². The smallest absolute Gasteiger partial charge is 0.222 e. The van der Waals surface area contributed by atoms with Crippen LogP contribution in [-0.4, -0.2) is 18.5 Å². The standard InChI is InChI=1S/C13H17BrN2O/c1-9-5-10(14)7-12(6-9)16-11-3-2-4-15-13(17)8-11/h5-7,11,16H,2-4,8H2,1H3,(H,15,17). The van der Waals surface area contributed by atoms with E-state index in [2.05, 4.69) is 51.7 Å². The van der Waals surface area contributed by atoms with Crippen molar-refractivity contribution < 1.29 is 4.79 Å². The molecule has 0 aromatic heterocycles. The third-order valence-electron chi connectivity index (χ3n) is 2.90. The van der Waals surface area contributed by atoms with Crippen LogP contribution < -0.4 is 10.6 Å². The summed E-state index contributed by atoms with van der Waals surface area (Å²) in [7, 11) is 0. The number of nitrogens with one attached hydrogen (secondary N) is 2. The van der Waals surface area contributed by atoms with E-state index in [0.717, 1.165) is 29.5 Å². The van der Waals surface area contributed by atoms with Crippen LogP contribution in [0.2, 0.25) is 0 Å². The van der Waals surface area contributed by atoms with Crippen molar-refractivity contribution >= 4 is 27.5 Å². The van der Waals surface area contributed by atoms with E-state index < -0.39 is 0 Å². The number of rotatable bonds is 2. The summed E-state index contributed by atoms with van der Waals surface area (Å²) in [6.45, 7) is 2.87. The van der Waals surface area contributed by atoms with Crippen molar-refractivity contribution in [3.63, 3.8) is 0 Å². The largest absolute Gasteiger partial charge is 0.382 e. The minimum atomic E-state index is 0.145. The van der Waals surface area contributed by atoms with Crippen LogP contribution in [0, 0.1) is 6.92 Å². The molecule has 0 spiro atoms. The van der Waals surface area contributed by atoms with Gasteiger partial charge < -0.3 is 10.6 Å². The highest BCUT2D eigenvalue weighted by Gasteiger charge is 2.17. The number of benzene rings is 1. The van der Waals surface area contributed by atoms with Crippen LogP contribution in [0.25, 0.3) is 0 Å². The fourth-order valence-corrected chi connectivity index (χ4v) is 2.76. The van der Waals surface area contributed by atoms with E-state index in [0.29, 0.717) is 6.42 Å². The minimum Gasteiger partial charge on any atom is -0.382 e. The van der Waals surface area contributed by atoms with Crippen molar-refractivity contribution in [1.82, 2.24) is 5.32 Å². The lowest BCUT2D eigenvalue weighted by atomic mass is 10.1. The van der Waals surface area contributed by atoms with Gasteiger partial charge in [-0.1, -0.05) is 15.9 Å². The van der Waals surface area contributed by atoms with E-state index in [1.807, 2.05) is 0 Å². The fraction of sp³-hybridized carbons (Fsp3) is 0.462. The topological polar surface area (TPSA) is 41.1 Å². The van der Waals surface area contributed by atoms with E-state index in [4.69, 9.17) is 0 Å². The van der Waals surface area contributed by atoms with Crippen molar-refractivity contribution in [2.24, 2.45) is 0 Å². The molecule has 1 aliphatic heterocycles. The van der Waals surface area contributed by atoms with Gasteiger partial charge in [-0.15, -0.1) is 0 Å². The van der Waals surface area contributed by atoms with Crippen molar-refractivity contribution in [3.8, 4) is 0 Å². The molecular weight excluding hydrogens is 280 g/mol. The first kappa shape index (κ1) is 12.4. The predicted octanol–water partition coefficient (Wildman–Crippen LogP) is 2.84. The molecule has 2 N–H and O–H groups in total. The van der Waals surface area contributed by atoms with Crippen LogP contribution in [0.4, 0.5) is 5.69 Å². The number of carbonyl (C=O) groups excluding carboxylic acids is 1. The maximum Gasteiger partial charge on any atom is 0.222 e. The van der Waals surface area contributed by atoms with Crippen LogP contribution >= 0.6 is 15.9 Å². The van der Waals surface area contributed by atoms with Crippen LogP contribution in [-0.2, 0) is 4.79 Å². The molecule has 1 heterocycles. The molecule has 17 heavy (non-hydrogen) atoms. The summed E-state index contributed by atoms with van der Waals surface area (Å²) in [5.74, 6) is 0.145. The highest BCUT2D eigenvalue weighted by atomic mass is 79.9. The molecule has 1 fully saturated rings. The molecule has 1 amide bonds. The van der Waals surface area contributed by atoms with Crippen LogP contribution in [0.3, 0.4) is 0 Å². The Morgan fingerprint density at radius 1 is 1.41 bits per heavy atom. The van der Waals surface area contributed by atoms with Gasteiger partial charge in [0.1, 0.15) is 0 Å². The lowest BCUT2D eigenvalue weighted by Crippen LogP contribution is -2.26. The molecule has 0 aliphatic carbocycles. The molecule has 1 saturated heterocycles. The first-order valence-corrected chi connectivity index (χ1v) is 6.73. The normalized spacial score (nSPS) is 20.6. The fourth-order valence-electron chi connectivity index (χ4n) is 2.15. The second-order valence-electron chi connectivity index (χ2n) is 4.55. The van der Waals surface area contributed by atoms with Crippen LogP contribution in [0.15, 0.2) is 22.7 Å². The number of hydrogen-bond donors (Lipinski definition) is 2. The first-order chi connectivity index (χ1) is 8.13. The Kier molecular flexibility index (Phi) is 4.05. The zero-order valence-electron chi connectivity index (χ0n) is 9.92. The third-order valence-corrected chi connectivity index (χ3v) is 3.35. The Morgan fingerprint density at radius 3 is 3.00 bits per heavy atom. The summed E-state index contributed by atoms with van der Waals surface area (Å²) in [4.78, 5) is 11.5. The van der Waals surface area contributed by atoms with Gasteiger partial charge in [-0.2, -0.15) is 0 Å². The van der Waals surface area contributed by atoms with E-state index in [1.165, 1.54) is 5.56 Å². The number of halogens is 1. The molecule has 1 aromatic carbocycles. The number of amides is 1. The zero-order valence-corrected chi connectivity index (χ0v) is 11.5. The quantitative estimate of drug-likeness (QED) is 0.881. The Hall–Kier alpha value is -1.03. The molecule has 3 nitrogen and oxygen atoms in total. The zero-order chi connectivity index (χ0) is 12.3. The molecular formula is C13H17BrN2O. The summed E-state index contributed by atoms with van der Waals surface area (Å²) in [6.07, 6.45) is 2.63. The summed E-state index contributed by atoms with van der Waals surface area (Å²) in [5.41, 5.74) is 2.29. The summed E-state index contributed by atoms with van der Waals surface area (Å²) >= 11 is 3.49. The van der Waals surface area contributed by atoms with Gasteiger partial charge in [0.15, 0.2) is 0 Å². The van der Waals surface area contributed by atoms with Crippen molar-refractivity contribution in [2.75, 3.05) is 11.9 Å². The number of anilines is 1. The molecule has 0 bridgehead atoms. The van der Waals surface area contributed by atoms with Crippen molar-refractivity contribution in [1.29, 1.82) is 0 Å². The van der Waals surface area contributed by atoms with Crippen LogP contribution in [0.5, 0.6) is 0 Å². The van der Waals surface area contributed by atoms with Crippen molar-refractivity contribution in [3.05, 3.63) is 28.2 Å². The highest BCUT2D eigenvalue weighted by molar-refractivity contribution is 9.10. The van der Waals surface area contributed by atoms with Gasteiger partial charge in [0.25, 0.3) is 0 Å². The molecule has 4 heteroatoms. The Morgan fingerprint density at radius 2 is 2.24 bits per heavy atom. The predicted molar refractivity (Wildman–Crippen MR) is 73.2 cm³/mol. The molecule has 92 valence electrons. The van der Waals surface area contributed by atoms with E-state index >= 15 is 0 Å². The first-order valence-electron chi connectivity index (χ1n) is 5.94. The van der Waals surface area contributed by atoms with Crippen molar-refractivity contribution in [2.45, 2.75) is 32.2 Å². The second kappa shape index (κ2) is 5.54. The summed E-state index contributed by atoms with van der Waals surface area (Å²) in [6, 6.07) is 6.47. The molecule has 1 atom stereocenters. The molecule has 1 aromatic rings. The maximum absolute atomic E-state index is 11.5. The number of carbonyl (C=O) groups is 1. The summed E-state index contributed by atoms with van der Waals surface area (Å²) < 4.78 is 1.07. The highest BCUT2D eigenvalue weighted by Crippen LogP contribution is 2.21. The van der Waals surface area contributed by atoms with E-state index in [1.54, 1.807) is 0 Å². The number of hydrogen-bond acceptors (Lipinski definition) is 2. The van der Waals surface area contributed by atoms with Gasteiger partial charge in [0.2, 0.25) is 5.91 Å². The van der Waals surface area contributed by atoms with E-state index in [9.17, 15) is 4.79 Å². The van der Waals surface area contributed by atoms with Gasteiger partial charge in [-0.3, -0.25) is 4.79 Å². The minimum absolute atomic E-state index is 0.145. The Labute approximate surface area is 110 Å². The molecule has 0 radical (unpaired) electrons. The SMILES string of the molecule is Cc1cc(Br)cc(NC2CCCNC(=O)C2)c1. The van der Waals surface area contributed by atoms with Gasteiger partial charge in [0, 0.05) is 29.2 Å². The maximum atomic E-state index is 11.5. The van der Waals surface area contributed by atoms with Gasteiger partial charge >= 0.3 is 0 Å². The second-order valence-corrected chi connectivity index (χ2v) is 5.47. The average Bonchev–Trinajstić information content (AvgIpc) is 2.41. The van der Waals surface area contributed by atoms with E-state index in [-0.39, 0.29) is 11.9 Å².